The molecule has 1 aromatic rings. The molecule has 0 spiro atoms. The minimum atomic E-state index is 0.692. The van der Waals surface area contributed by atoms with E-state index in [2.05, 4.69) is 19.9 Å². The van der Waals surface area contributed by atoms with Crippen LogP contribution in [0.25, 0.3) is 0 Å². The van der Waals surface area contributed by atoms with Crippen LogP contribution >= 0.6 is 0 Å². The van der Waals surface area contributed by atoms with E-state index in [-0.39, 0.29) is 0 Å². The van der Waals surface area contributed by atoms with Gasteiger partial charge in [0.15, 0.2) is 0 Å². The van der Waals surface area contributed by atoms with Gasteiger partial charge in [-0.3, -0.25) is 0 Å². The van der Waals surface area contributed by atoms with Crippen LogP contribution in [0.2, 0.25) is 0 Å². The molecule has 1 unspecified atom stereocenters. The van der Waals surface area contributed by atoms with Gasteiger partial charge in [-0.2, -0.15) is 0 Å². The number of hydrogen-bond acceptors (Lipinski definition) is 2. The van der Waals surface area contributed by atoms with Crippen molar-refractivity contribution in [1.82, 2.24) is 0 Å². The Kier molecular flexibility index (Phi) is 8.12. The maximum atomic E-state index is 7.23. The lowest BCUT2D eigenvalue weighted by molar-refractivity contribution is 0.516. The van der Waals surface area contributed by atoms with Crippen molar-refractivity contribution in [2.24, 2.45) is 5.92 Å². The predicted octanol–water partition coefficient (Wildman–Crippen LogP) is 4.27. The van der Waals surface area contributed by atoms with E-state index in [0.29, 0.717) is 5.69 Å². The topological polar surface area (TPSA) is 49.9 Å². The maximum Gasteiger partial charge on any atom is 0.0403 e. The van der Waals surface area contributed by atoms with Gasteiger partial charge in [-0.15, -0.1) is 0 Å². The molecule has 2 nitrogen and oxygen atoms in total. The minimum Gasteiger partial charge on any atom is -0.398 e. The molecule has 17 heavy (non-hydrogen) atoms. The Morgan fingerprint density at radius 2 is 2.00 bits per heavy atom. The Morgan fingerprint density at radius 3 is 2.53 bits per heavy atom. The molecule has 1 aromatic carbocycles. The fraction of sp³-hybridized carbons (Fsp3) is 0.533. The van der Waals surface area contributed by atoms with E-state index in [1.165, 1.54) is 24.6 Å². The van der Waals surface area contributed by atoms with Crippen LogP contribution < -0.4 is 5.73 Å². The van der Waals surface area contributed by atoms with E-state index in [0.717, 1.165) is 17.9 Å². The van der Waals surface area contributed by atoms with Gasteiger partial charge in [-0.25, -0.2) is 0 Å². The highest BCUT2D eigenvalue weighted by atomic mass is 14.6. The number of nitrogens with one attached hydrogen (secondary N) is 1. The molecule has 3 N–H and O–H groups in total. The number of rotatable bonds is 5. The Morgan fingerprint density at radius 1 is 1.35 bits per heavy atom. The van der Waals surface area contributed by atoms with Gasteiger partial charge in [0, 0.05) is 17.5 Å². The summed E-state index contributed by atoms with van der Waals surface area (Å²) in [6, 6.07) is 5.97. The van der Waals surface area contributed by atoms with Crippen LogP contribution in [0.3, 0.4) is 0 Å². The molecule has 0 radical (unpaired) electrons. The minimum absolute atomic E-state index is 0.692. The second kappa shape index (κ2) is 8.80. The van der Waals surface area contributed by atoms with E-state index in [1.807, 2.05) is 26.0 Å². The summed E-state index contributed by atoms with van der Waals surface area (Å²) in [5, 5.41) is 7.23. The number of anilines is 1. The lowest BCUT2D eigenvalue weighted by Gasteiger charge is -2.09. The molecule has 0 fully saturated rings. The van der Waals surface area contributed by atoms with E-state index in [4.69, 9.17) is 11.1 Å². The zero-order valence-electron chi connectivity index (χ0n) is 11.6. The van der Waals surface area contributed by atoms with Crippen molar-refractivity contribution in [2.45, 2.75) is 47.0 Å². The summed E-state index contributed by atoms with van der Waals surface area (Å²) in [4.78, 5) is 0. The molecule has 1 rings (SSSR count). The molecule has 0 saturated heterocycles. The molecule has 0 saturated carbocycles. The highest BCUT2D eigenvalue weighted by molar-refractivity contribution is 5.85. The average molecular weight is 234 g/mol. The smallest absolute Gasteiger partial charge is 0.0403 e. The average Bonchev–Trinajstić information content (AvgIpc) is 2.39. The first-order valence-electron chi connectivity index (χ1n) is 6.56. The monoisotopic (exact) mass is 234 g/mol. The predicted molar refractivity (Wildman–Crippen MR) is 77.9 cm³/mol. The molecular formula is C15H26N2. The molecule has 0 aromatic heterocycles. The Balaban J connectivity index is 0.00000121. The molecular weight excluding hydrogens is 208 g/mol. The van der Waals surface area contributed by atoms with Crippen LogP contribution in [0.1, 0.15) is 51.7 Å². The van der Waals surface area contributed by atoms with E-state index in [1.54, 1.807) is 0 Å². The number of aryl methyl sites for hydroxylation is 1. The van der Waals surface area contributed by atoms with Crippen molar-refractivity contribution in [3.8, 4) is 0 Å². The number of nitrogens with two attached hydrogens (primary N) is 1. The highest BCUT2D eigenvalue weighted by Gasteiger charge is 2.02. The Labute approximate surface area is 106 Å². The van der Waals surface area contributed by atoms with Gasteiger partial charge in [0.2, 0.25) is 0 Å². The van der Waals surface area contributed by atoms with Gasteiger partial charge >= 0.3 is 0 Å². The number of nitrogen functional groups attached to an aromatic ring is 1. The summed E-state index contributed by atoms with van der Waals surface area (Å²) in [5.74, 6) is 0.769. The van der Waals surface area contributed by atoms with Gasteiger partial charge in [0.1, 0.15) is 0 Å². The van der Waals surface area contributed by atoms with Crippen LogP contribution in [-0.4, -0.2) is 6.21 Å². The second-order valence-corrected chi connectivity index (χ2v) is 4.16. The molecule has 0 amide bonds. The largest absolute Gasteiger partial charge is 0.398 e. The lowest BCUT2D eigenvalue weighted by atomic mass is 9.98. The first-order valence-corrected chi connectivity index (χ1v) is 6.56. The van der Waals surface area contributed by atoms with Crippen molar-refractivity contribution in [1.29, 1.82) is 5.41 Å². The zero-order valence-corrected chi connectivity index (χ0v) is 11.6. The third kappa shape index (κ3) is 5.53. The van der Waals surface area contributed by atoms with E-state index < -0.39 is 0 Å². The molecule has 2 heteroatoms. The fourth-order valence-electron chi connectivity index (χ4n) is 1.52. The van der Waals surface area contributed by atoms with Crippen LogP contribution in [0.15, 0.2) is 18.2 Å². The standard InChI is InChI=1S/C13H20N2.C2H6/c1-3-10(2)4-5-11-6-7-13(15)12(8-11)9-14;1-2/h6-10,14H,3-5,15H2,1-2H3;1-2H3. The van der Waals surface area contributed by atoms with Crippen molar-refractivity contribution in [2.75, 3.05) is 5.73 Å². The van der Waals surface area contributed by atoms with Gasteiger partial charge < -0.3 is 11.1 Å². The first kappa shape index (κ1) is 15.7. The summed E-state index contributed by atoms with van der Waals surface area (Å²) in [5.41, 5.74) is 8.53. The fourth-order valence-corrected chi connectivity index (χ4v) is 1.52. The Hall–Kier alpha value is -1.31. The van der Waals surface area contributed by atoms with Gasteiger partial charge in [-0.05, 0) is 36.5 Å². The van der Waals surface area contributed by atoms with Crippen LogP contribution in [0.5, 0.6) is 0 Å². The van der Waals surface area contributed by atoms with Crippen molar-refractivity contribution in [3.63, 3.8) is 0 Å². The number of benzene rings is 1. The molecule has 0 bridgehead atoms. The van der Waals surface area contributed by atoms with Crippen molar-refractivity contribution >= 4 is 11.9 Å². The number of hydrogen-bond donors (Lipinski definition) is 2. The van der Waals surface area contributed by atoms with Crippen molar-refractivity contribution < 1.29 is 0 Å². The summed E-state index contributed by atoms with van der Waals surface area (Å²) >= 11 is 0. The molecule has 0 heterocycles. The lowest BCUT2D eigenvalue weighted by Crippen LogP contribution is -1.98. The van der Waals surface area contributed by atoms with E-state index in [9.17, 15) is 0 Å². The van der Waals surface area contributed by atoms with Gasteiger partial charge in [0.25, 0.3) is 0 Å². The quantitative estimate of drug-likeness (QED) is 0.580. The maximum absolute atomic E-state index is 7.23. The molecule has 96 valence electrons. The van der Waals surface area contributed by atoms with Gasteiger partial charge in [-0.1, -0.05) is 40.2 Å². The third-order valence-corrected chi connectivity index (χ3v) is 2.93. The highest BCUT2D eigenvalue weighted by Crippen LogP contribution is 2.16. The van der Waals surface area contributed by atoms with Crippen LogP contribution in [-0.2, 0) is 6.42 Å². The first-order chi connectivity index (χ1) is 8.17. The normalized spacial score (nSPS) is 11.3. The molecule has 0 aliphatic carbocycles. The summed E-state index contributed by atoms with van der Waals surface area (Å²) in [6.07, 6.45) is 4.84. The summed E-state index contributed by atoms with van der Waals surface area (Å²) in [7, 11) is 0. The van der Waals surface area contributed by atoms with Crippen LogP contribution in [0, 0.1) is 11.3 Å². The zero-order chi connectivity index (χ0) is 13.3. The van der Waals surface area contributed by atoms with Gasteiger partial charge in [0.05, 0.1) is 0 Å². The second-order valence-electron chi connectivity index (χ2n) is 4.16. The van der Waals surface area contributed by atoms with E-state index >= 15 is 0 Å². The molecule has 0 aliphatic rings. The molecule has 1 atom stereocenters. The SMILES string of the molecule is CC.CCC(C)CCc1ccc(N)c(C=N)c1. The summed E-state index contributed by atoms with van der Waals surface area (Å²) < 4.78 is 0. The van der Waals surface area contributed by atoms with Crippen molar-refractivity contribution in [3.05, 3.63) is 29.3 Å². The Bertz CT molecular complexity index is 332. The third-order valence-electron chi connectivity index (χ3n) is 2.93. The summed E-state index contributed by atoms with van der Waals surface area (Å²) in [6.45, 7) is 8.49. The van der Waals surface area contributed by atoms with Crippen LogP contribution in [0.4, 0.5) is 5.69 Å². The molecule has 0 aliphatic heterocycles.